The van der Waals surface area contributed by atoms with Crippen molar-refractivity contribution >= 4 is 49.6 Å². The number of ether oxygens (including phenoxy) is 1. The molecule has 10 heteroatoms. The molecule has 0 aliphatic carbocycles. The molecule has 0 saturated carbocycles. The Kier molecular flexibility index (Phi) is 6.62. The zero-order valence-electron chi connectivity index (χ0n) is 20.2. The number of hydrogen-bond acceptors (Lipinski definition) is 9. The molecule has 5 rings (SSSR count). The second-order valence-electron chi connectivity index (χ2n) is 8.55. The Morgan fingerprint density at radius 2 is 1.67 bits per heavy atom. The topological polar surface area (TPSA) is 108 Å². The van der Waals surface area contributed by atoms with E-state index in [1.807, 2.05) is 36.4 Å². The number of methoxy groups -OCH3 is 1. The van der Waals surface area contributed by atoms with Gasteiger partial charge in [-0.15, -0.1) is 0 Å². The first-order valence-electron chi connectivity index (χ1n) is 11.7. The Bertz CT molecular complexity index is 1500. The molecule has 1 aromatic heterocycles. The van der Waals surface area contributed by atoms with Crippen molar-refractivity contribution in [2.45, 2.75) is 4.90 Å². The molecule has 1 saturated heterocycles. The summed E-state index contributed by atoms with van der Waals surface area (Å²) in [6.45, 7) is 3.78. The third-order valence-electron chi connectivity index (χ3n) is 6.06. The molecule has 0 unspecified atom stereocenters. The van der Waals surface area contributed by atoms with Gasteiger partial charge in [0.15, 0.2) is 9.84 Å². The van der Waals surface area contributed by atoms with Crippen molar-refractivity contribution in [1.29, 1.82) is 0 Å². The maximum Gasteiger partial charge on any atom is 0.229 e. The number of nitrogens with zero attached hydrogens (tertiary/aromatic N) is 3. The predicted molar refractivity (Wildman–Crippen MR) is 144 cm³/mol. The van der Waals surface area contributed by atoms with E-state index in [4.69, 9.17) is 9.72 Å². The van der Waals surface area contributed by atoms with Gasteiger partial charge in [-0.05, 0) is 36.4 Å². The van der Waals surface area contributed by atoms with Crippen LogP contribution in [0.3, 0.4) is 0 Å². The maximum atomic E-state index is 12.3. The van der Waals surface area contributed by atoms with E-state index in [0.717, 1.165) is 42.9 Å². The van der Waals surface area contributed by atoms with Crippen molar-refractivity contribution < 1.29 is 13.2 Å². The monoisotopic (exact) mass is 504 g/mol. The minimum absolute atomic E-state index is 0.201. The molecule has 3 N–H and O–H groups in total. The number of sulfone groups is 1. The SMILES string of the molecule is COc1cc(N2CCNCC2)ccc1Nc1nc(Nc2ccccc2S(C)(=O)=O)c2ccccc2n1. The van der Waals surface area contributed by atoms with Crippen molar-refractivity contribution in [1.82, 2.24) is 15.3 Å². The summed E-state index contributed by atoms with van der Waals surface area (Å²) in [6.07, 6.45) is 1.19. The molecule has 36 heavy (non-hydrogen) atoms. The van der Waals surface area contributed by atoms with Gasteiger partial charge in [-0.1, -0.05) is 24.3 Å². The van der Waals surface area contributed by atoms with Gasteiger partial charge in [0.05, 0.1) is 28.9 Å². The molecule has 0 radical (unpaired) electrons. The van der Waals surface area contributed by atoms with E-state index in [1.54, 1.807) is 31.4 Å². The summed E-state index contributed by atoms with van der Waals surface area (Å²) in [5.74, 6) is 1.54. The molecular formula is C26H28N6O3S. The lowest BCUT2D eigenvalue weighted by Crippen LogP contribution is -2.43. The number of aromatic nitrogens is 2. The number of nitrogens with one attached hydrogen (secondary N) is 3. The van der Waals surface area contributed by atoms with E-state index < -0.39 is 9.84 Å². The van der Waals surface area contributed by atoms with Crippen LogP contribution in [0.15, 0.2) is 71.6 Å². The summed E-state index contributed by atoms with van der Waals surface area (Å²) in [6, 6.07) is 20.4. The Morgan fingerprint density at radius 3 is 2.44 bits per heavy atom. The Labute approximate surface area is 210 Å². The second-order valence-corrected chi connectivity index (χ2v) is 10.5. The van der Waals surface area contributed by atoms with Crippen LogP contribution in [0.4, 0.5) is 28.8 Å². The standard InChI is InChI=1S/C26H28N6O3S/c1-35-23-17-18(32-15-13-27-14-16-32)11-12-21(23)30-26-29-20-8-4-3-7-19(20)25(31-26)28-22-9-5-6-10-24(22)36(2,33)34/h3-12,17,27H,13-16H2,1-2H3,(H2,28,29,30,31). The highest BCUT2D eigenvalue weighted by Gasteiger charge is 2.17. The van der Waals surface area contributed by atoms with Crippen molar-refractivity contribution in [3.8, 4) is 5.75 Å². The molecule has 1 aliphatic heterocycles. The average molecular weight is 505 g/mol. The van der Waals surface area contributed by atoms with E-state index in [9.17, 15) is 8.42 Å². The number of fused-ring (bicyclic) bond motifs is 1. The first kappa shape index (κ1) is 23.8. The highest BCUT2D eigenvalue weighted by atomic mass is 32.2. The molecule has 0 spiro atoms. The highest BCUT2D eigenvalue weighted by molar-refractivity contribution is 7.90. The Hall–Kier alpha value is -3.89. The number of benzene rings is 3. The van der Waals surface area contributed by atoms with Crippen molar-refractivity contribution in [2.24, 2.45) is 0 Å². The van der Waals surface area contributed by atoms with Crippen LogP contribution in [0.5, 0.6) is 5.75 Å². The maximum absolute atomic E-state index is 12.3. The Morgan fingerprint density at radius 1 is 0.917 bits per heavy atom. The van der Waals surface area contributed by atoms with Crippen LogP contribution in [0.2, 0.25) is 0 Å². The van der Waals surface area contributed by atoms with Crippen LogP contribution in [-0.4, -0.2) is 57.9 Å². The number of hydrogen-bond donors (Lipinski definition) is 3. The summed E-state index contributed by atoms with van der Waals surface area (Å²) in [5.41, 5.74) is 2.99. The third kappa shape index (κ3) is 5.05. The minimum Gasteiger partial charge on any atom is -0.494 e. The van der Waals surface area contributed by atoms with Gasteiger partial charge in [-0.3, -0.25) is 0 Å². The predicted octanol–water partition coefficient (Wildman–Crippen LogP) is 3.94. The number of rotatable bonds is 7. The lowest BCUT2D eigenvalue weighted by molar-refractivity contribution is 0.416. The molecule has 9 nitrogen and oxygen atoms in total. The molecule has 1 fully saturated rings. The van der Waals surface area contributed by atoms with Crippen LogP contribution >= 0.6 is 0 Å². The molecule has 0 atom stereocenters. The highest BCUT2D eigenvalue weighted by Crippen LogP contribution is 2.33. The zero-order valence-corrected chi connectivity index (χ0v) is 21.0. The number of piperazine rings is 1. The summed E-state index contributed by atoms with van der Waals surface area (Å²) in [7, 11) is -1.80. The molecule has 3 aromatic carbocycles. The van der Waals surface area contributed by atoms with Crippen LogP contribution < -0.4 is 25.6 Å². The summed E-state index contributed by atoms with van der Waals surface area (Å²) >= 11 is 0. The van der Waals surface area contributed by atoms with E-state index in [2.05, 4.69) is 31.9 Å². The quantitative estimate of drug-likeness (QED) is 0.345. The van der Waals surface area contributed by atoms with Crippen molar-refractivity contribution in [2.75, 3.05) is 55.1 Å². The van der Waals surface area contributed by atoms with Gasteiger partial charge < -0.3 is 25.6 Å². The van der Waals surface area contributed by atoms with Gasteiger partial charge in [-0.25, -0.2) is 13.4 Å². The average Bonchev–Trinajstić information content (AvgIpc) is 2.89. The van der Waals surface area contributed by atoms with E-state index in [-0.39, 0.29) is 4.90 Å². The second kappa shape index (κ2) is 10.00. The molecule has 4 aromatic rings. The van der Waals surface area contributed by atoms with Crippen LogP contribution in [-0.2, 0) is 9.84 Å². The number of para-hydroxylation sites is 2. The molecule has 0 bridgehead atoms. The zero-order chi connectivity index (χ0) is 25.1. The van der Waals surface area contributed by atoms with Gasteiger partial charge in [0.25, 0.3) is 0 Å². The van der Waals surface area contributed by atoms with Gasteiger partial charge in [0.2, 0.25) is 5.95 Å². The molecule has 0 amide bonds. The van der Waals surface area contributed by atoms with E-state index >= 15 is 0 Å². The summed E-state index contributed by atoms with van der Waals surface area (Å²) in [5, 5.41) is 10.6. The van der Waals surface area contributed by atoms with Crippen LogP contribution in [0.1, 0.15) is 0 Å². The first-order valence-corrected chi connectivity index (χ1v) is 13.5. The van der Waals surface area contributed by atoms with Gasteiger partial charge in [-0.2, -0.15) is 4.98 Å². The normalized spacial score (nSPS) is 14.0. The van der Waals surface area contributed by atoms with Crippen LogP contribution in [0, 0.1) is 0 Å². The fourth-order valence-electron chi connectivity index (χ4n) is 4.27. The van der Waals surface area contributed by atoms with Crippen molar-refractivity contribution in [3.63, 3.8) is 0 Å². The molecule has 2 heterocycles. The minimum atomic E-state index is -3.43. The smallest absolute Gasteiger partial charge is 0.229 e. The summed E-state index contributed by atoms with van der Waals surface area (Å²) < 4.78 is 30.3. The largest absolute Gasteiger partial charge is 0.494 e. The van der Waals surface area contributed by atoms with E-state index in [0.29, 0.717) is 28.7 Å². The lowest BCUT2D eigenvalue weighted by Gasteiger charge is -2.30. The fourth-order valence-corrected chi connectivity index (χ4v) is 5.12. The number of anilines is 5. The first-order chi connectivity index (χ1) is 17.4. The van der Waals surface area contributed by atoms with Gasteiger partial charge in [0.1, 0.15) is 11.6 Å². The van der Waals surface area contributed by atoms with Crippen molar-refractivity contribution in [3.05, 3.63) is 66.7 Å². The molecule has 186 valence electrons. The van der Waals surface area contributed by atoms with Gasteiger partial charge in [0, 0.05) is 49.6 Å². The molecule has 1 aliphatic rings. The summed E-state index contributed by atoms with van der Waals surface area (Å²) in [4.78, 5) is 11.9. The Balaban J connectivity index is 1.51. The van der Waals surface area contributed by atoms with E-state index in [1.165, 1.54) is 6.26 Å². The third-order valence-corrected chi connectivity index (χ3v) is 7.21. The lowest BCUT2D eigenvalue weighted by atomic mass is 10.2. The molecular weight excluding hydrogens is 476 g/mol. The van der Waals surface area contributed by atoms with Gasteiger partial charge >= 0.3 is 0 Å². The fraction of sp³-hybridized carbons (Fsp3) is 0.231. The van der Waals surface area contributed by atoms with Crippen LogP contribution in [0.25, 0.3) is 10.9 Å².